The molecule has 0 N–H and O–H groups in total. The fraction of sp³-hybridized carbons (Fsp3) is 0.280. The van der Waals surface area contributed by atoms with E-state index in [2.05, 4.69) is 149 Å². The molecule has 1 fully saturated rings. The van der Waals surface area contributed by atoms with Crippen LogP contribution >= 0.6 is 11.8 Å². The first-order valence-corrected chi connectivity index (χ1v) is 22.7. The van der Waals surface area contributed by atoms with Crippen LogP contribution in [0.15, 0.2) is 181 Å². The number of hydrogen-bond donors (Lipinski definition) is 0. The minimum absolute atomic E-state index is 0.217. The van der Waals surface area contributed by atoms with E-state index in [-0.39, 0.29) is 5.04 Å². The lowest BCUT2D eigenvalue weighted by molar-refractivity contribution is -0.251. The van der Waals surface area contributed by atoms with E-state index < -0.39 is 38.2 Å². The summed E-state index contributed by atoms with van der Waals surface area (Å²) in [6, 6.07) is 61.1. The molecule has 0 saturated carbocycles. The van der Waals surface area contributed by atoms with Gasteiger partial charge in [-0.15, -0.1) is 0 Å². The summed E-state index contributed by atoms with van der Waals surface area (Å²) in [6.07, 6.45) is -1.99. The first-order chi connectivity index (χ1) is 27.8. The van der Waals surface area contributed by atoms with Gasteiger partial charge in [0.25, 0.3) is 8.32 Å². The van der Waals surface area contributed by atoms with Gasteiger partial charge < -0.3 is 23.4 Å². The lowest BCUT2D eigenvalue weighted by atomic mass is 9.99. The average Bonchev–Trinajstić information content (AvgIpc) is 3.24. The predicted octanol–water partition coefficient (Wildman–Crippen LogP) is 10.1. The van der Waals surface area contributed by atoms with Gasteiger partial charge in [0, 0.05) is 4.90 Å². The molecule has 5 nitrogen and oxygen atoms in total. The first-order valence-electron chi connectivity index (χ1n) is 19.9. The SMILES string of the molecule is Cc1ccc(S[C@@H]2O[C@H](CO[Si](c3ccccc3)(c3ccccc3)C(C)(C)C)[C@H](OCc3ccccc3)[C@H](OCc3ccccc3)[C@@H]2OCc2ccccc2)cc1. The number of rotatable bonds is 16. The van der Waals surface area contributed by atoms with E-state index in [0.717, 1.165) is 21.6 Å². The molecule has 0 bridgehead atoms. The maximum atomic E-state index is 7.61. The molecule has 6 aromatic rings. The fourth-order valence-corrected chi connectivity index (χ4v) is 13.4. The number of hydrogen-bond acceptors (Lipinski definition) is 6. The smallest absolute Gasteiger partial charge is 0.261 e. The van der Waals surface area contributed by atoms with Crippen LogP contribution in [0.2, 0.25) is 5.04 Å². The van der Waals surface area contributed by atoms with Crippen molar-refractivity contribution < 1.29 is 23.4 Å². The Kier molecular flexibility index (Phi) is 13.9. The van der Waals surface area contributed by atoms with Crippen LogP contribution in [0.5, 0.6) is 0 Å². The first kappa shape index (κ1) is 40.9. The zero-order chi connectivity index (χ0) is 39.5. The van der Waals surface area contributed by atoms with Crippen LogP contribution in [0.3, 0.4) is 0 Å². The Bertz CT molecular complexity index is 2020. The molecule has 0 aromatic heterocycles. The fourth-order valence-electron chi connectivity index (χ4n) is 7.69. The Morgan fingerprint density at radius 2 is 0.912 bits per heavy atom. The Hall–Kier alpha value is -4.31. The van der Waals surface area contributed by atoms with E-state index in [1.165, 1.54) is 15.9 Å². The topological polar surface area (TPSA) is 46.2 Å². The highest BCUT2D eigenvalue weighted by Crippen LogP contribution is 2.41. The molecule has 0 amide bonds. The van der Waals surface area contributed by atoms with Gasteiger partial charge in [-0.25, -0.2) is 0 Å². The minimum Gasteiger partial charge on any atom is -0.405 e. The molecule has 5 atom stereocenters. The summed E-state index contributed by atoms with van der Waals surface area (Å²) >= 11 is 1.67. The van der Waals surface area contributed by atoms with Gasteiger partial charge in [0.05, 0.1) is 26.4 Å². The third kappa shape index (κ3) is 10.2. The third-order valence-corrected chi connectivity index (χ3v) is 16.8. The summed E-state index contributed by atoms with van der Waals surface area (Å²) in [5.41, 5.74) is 4.01. The highest BCUT2D eigenvalue weighted by Gasteiger charge is 2.53. The third-order valence-electron chi connectivity index (χ3n) is 10.6. The van der Waals surface area contributed by atoms with E-state index >= 15 is 0 Å². The van der Waals surface area contributed by atoms with E-state index in [1.54, 1.807) is 11.8 Å². The summed E-state index contributed by atoms with van der Waals surface area (Å²) in [6.45, 7) is 10.5. The highest BCUT2D eigenvalue weighted by molar-refractivity contribution is 7.99. The predicted molar refractivity (Wildman–Crippen MR) is 234 cm³/mol. The normalized spacial score (nSPS) is 20.0. The van der Waals surface area contributed by atoms with Gasteiger partial charge in [0.15, 0.2) is 0 Å². The summed E-state index contributed by atoms with van der Waals surface area (Å²) in [7, 11) is -2.94. The second kappa shape index (κ2) is 19.4. The van der Waals surface area contributed by atoms with Crippen molar-refractivity contribution in [2.75, 3.05) is 6.61 Å². The van der Waals surface area contributed by atoms with Gasteiger partial charge in [0.1, 0.15) is 29.9 Å². The molecular formula is C50H54O5SSi. The van der Waals surface area contributed by atoms with Gasteiger partial charge in [-0.3, -0.25) is 0 Å². The molecule has 0 aliphatic carbocycles. The van der Waals surface area contributed by atoms with Gasteiger partial charge in [0.2, 0.25) is 0 Å². The molecule has 294 valence electrons. The number of ether oxygens (including phenoxy) is 4. The highest BCUT2D eigenvalue weighted by atomic mass is 32.2. The lowest BCUT2D eigenvalue weighted by Crippen LogP contribution is -2.68. The van der Waals surface area contributed by atoms with Crippen LogP contribution in [0.25, 0.3) is 0 Å². The van der Waals surface area contributed by atoms with Crippen LogP contribution < -0.4 is 10.4 Å². The number of thioether (sulfide) groups is 1. The monoisotopic (exact) mass is 794 g/mol. The Morgan fingerprint density at radius 3 is 1.35 bits per heavy atom. The van der Waals surface area contributed by atoms with Crippen LogP contribution in [-0.4, -0.2) is 44.8 Å². The molecule has 0 radical (unpaired) electrons. The average molecular weight is 795 g/mol. The molecule has 1 saturated heterocycles. The lowest BCUT2D eigenvalue weighted by Gasteiger charge is -2.48. The van der Waals surface area contributed by atoms with Crippen molar-refractivity contribution >= 4 is 30.5 Å². The van der Waals surface area contributed by atoms with Crippen LogP contribution in [0.1, 0.15) is 43.0 Å². The largest absolute Gasteiger partial charge is 0.405 e. The van der Waals surface area contributed by atoms with Gasteiger partial charge in [-0.2, -0.15) is 0 Å². The Labute approximate surface area is 344 Å². The molecular weight excluding hydrogens is 741 g/mol. The zero-order valence-corrected chi connectivity index (χ0v) is 35.2. The quantitative estimate of drug-likeness (QED) is 0.0910. The van der Waals surface area contributed by atoms with E-state index in [0.29, 0.717) is 26.4 Å². The van der Waals surface area contributed by atoms with Gasteiger partial charge in [-0.05, 0) is 51.2 Å². The minimum atomic E-state index is -2.94. The second-order valence-corrected chi connectivity index (χ2v) is 21.2. The maximum absolute atomic E-state index is 7.61. The van der Waals surface area contributed by atoms with Crippen LogP contribution in [0.4, 0.5) is 0 Å². The summed E-state index contributed by atoms with van der Waals surface area (Å²) in [5, 5.41) is 2.21. The summed E-state index contributed by atoms with van der Waals surface area (Å²) in [4.78, 5) is 1.09. The Morgan fingerprint density at radius 1 is 0.509 bits per heavy atom. The molecule has 57 heavy (non-hydrogen) atoms. The van der Waals surface area contributed by atoms with E-state index in [1.807, 2.05) is 54.6 Å². The van der Waals surface area contributed by atoms with Crippen molar-refractivity contribution in [2.24, 2.45) is 0 Å². The van der Waals surface area contributed by atoms with Crippen molar-refractivity contribution in [2.45, 2.75) is 87.3 Å². The second-order valence-electron chi connectivity index (χ2n) is 15.7. The van der Waals surface area contributed by atoms with E-state index in [9.17, 15) is 0 Å². The standard InChI is InChI=1S/C50H54O5SSi/c1-38-30-32-42(33-31-38)56-49-48(53-36-41-24-14-7-15-25-41)47(52-35-40-22-12-6-13-23-40)46(51-34-39-20-10-5-11-21-39)45(55-49)37-54-57(50(2,3)4,43-26-16-8-17-27-43)44-28-18-9-19-29-44/h5-33,45-49H,34-37H2,1-4H3/t45-,46+,47+,48+,49+/m1/s1. The Balaban J connectivity index is 1.31. The van der Waals surface area contributed by atoms with Crippen LogP contribution in [-0.2, 0) is 43.2 Å². The molecule has 0 unspecified atom stereocenters. The zero-order valence-electron chi connectivity index (χ0n) is 33.4. The van der Waals surface area contributed by atoms with E-state index in [4.69, 9.17) is 23.4 Å². The van der Waals surface area contributed by atoms with Crippen molar-refractivity contribution in [1.29, 1.82) is 0 Å². The molecule has 7 heteroatoms. The van der Waals surface area contributed by atoms with Gasteiger partial charge in [-0.1, -0.05) is 202 Å². The van der Waals surface area contributed by atoms with Crippen molar-refractivity contribution in [3.05, 3.63) is 198 Å². The molecule has 1 heterocycles. The molecule has 0 spiro atoms. The molecule has 6 aromatic carbocycles. The summed E-state index contributed by atoms with van der Waals surface area (Å²) < 4.78 is 36.0. The maximum Gasteiger partial charge on any atom is 0.261 e. The summed E-state index contributed by atoms with van der Waals surface area (Å²) in [5.74, 6) is 0. The van der Waals surface area contributed by atoms with Crippen LogP contribution in [0, 0.1) is 6.92 Å². The molecule has 1 aliphatic rings. The van der Waals surface area contributed by atoms with Crippen molar-refractivity contribution in [3.63, 3.8) is 0 Å². The number of aryl methyl sites for hydroxylation is 1. The molecule has 1 aliphatic heterocycles. The van der Waals surface area contributed by atoms with Crippen molar-refractivity contribution in [1.82, 2.24) is 0 Å². The molecule has 7 rings (SSSR count). The van der Waals surface area contributed by atoms with Crippen molar-refractivity contribution in [3.8, 4) is 0 Å². The number of benzene rings is 6. The van der Waals surface area contributed by atoms with Gasteiger partial charge >= 0.3 is 0 Å².